The molecule has 2 rings (SSSR count). The van der Waals surface area contributed by atoms with Crippen molar-refractivity contribution >= 4 is 17.4 Å². The minimum absolute atomic E-state index is 0.102. The Kier molecular flexibility index (Phi) is 6.22. The van der Waals surface area contributed by atoms with Gasteiger partial charge in [-0.1, -0.05) is 0 Å². The summed E-state index contributed by atoms with van der Waals surface area (Å²) >= 11 is 1.63. The number of rotatable bonds is 4. The lowest BCUT2D eigenvalue weighted by Gasteiger charge is -2.44. The van der Waals surface area contributed by atoms with Gasteiger partial charge in [0.1, 0.15) is 10.6 Å². The van der Waals surface area contributed by atoms with Crippen LogP contribution in [0.4, 0.5) is 4.79 Å². The van der Waals surface area contributed by atoms with Crippen LogP contribution in [0.15, 0.2) is 5.38 Å². The highest BCUT2D eigenvalue weighted by atomic mass is 32.1. The minimum atomic E-state index is -0.463. The van der Waals surface area contributed by atoms with Gasteiger partial charge >= 0.3 is 6.09 Å². The summed E-state index contributed by atoms with van der Waals surface area (Å²) in [5.74, 6) is 0. The van der Waals surface area contributed by atoms with E-state index in [-0.39, 0.29) is 18.2 Å². The van der Waals surface area contributed by atoms with Gasteiger partial charge in [-0.3, -0.25) is 4.90 Å². The molecule has 1 amide bonds. The lowest BCUT2D eigenvalue weighted by atomic mass is 10.0. The van der Waals surface area contributed by atoms with E-state index in [1.54, 1.807) is 18.4 Å². The van der Waals surface area contributed by atoms with Crippen molar-refractivity contribution in [3.05, 3.63) is 16.1 Å². The van der Waals surface area contributed by atoms with Crippen LogP contribution < -0.4 is 0 Å². The molecule has 1 aliphatic rings. The summed E-state index contributed by atoms with van der Waals surface area (Å²) in [5.41, 5.74) is 0.604. The predicted molar refractivity (Wildman–Crippen MR) is 95.1 cm³/mol. The van der Waals surface area contributed by atoms with E-state index in [1.165, 1.54) is 0 Å². The molecule has 2 atom stereocenters. The van der Waals surface area contributed by atoms with Crippen LogP contribution in [0.2, 0.25) is 0 Å². The van der Waals surface area contributed by atoms with Crippen molar-refractivity contribution in [2.45, 2.75) is 65.5 Å². The number of hydrogen-bond donors (Lipinski definition) is 0. The molecule has 0 unspecified atom stereocenters. The molecular weight excluding hydrogens is 326 g/mol. The Morgan fingerprint density at radius 3 is 2.67 bits per heavy atom. The summed E-state index contributed by atoms with van der Waals surface area (Å²) in [4.78, 5) is 21.2. The molecule has 0 radical (unpaired) electrons. The zero-order valence-corrected chi connectivity index (χ0v) is 16.4. The molecule has 1 saturated heterocycles. The van der Waals surface area contributed by atoms with E-state index in [2.05, 4.69) is 29.1 Å². The van der Waals surface area contributed by atoms with Crippen molar-refractivity contribution in [1.82, 2.24) is 14.8 Å². The average Bonchev–Trinajstić information content (AvgIpc) is 2.90. The van der Waals surface area contributed by atoms with Crippen LogP contribution in [0, 0.1) is 0 Å². The molecule has 0 saturated carbocycles. The van der Waals surface area contributed by atoms with Gasteiger partial charge in [0, 0.05) is 44.2 Å². The van der Waals surface area contributed by atoms with Gasteiger partial charge in [0.05, 0.1) is 12.3 Å². The lowest BCUT2D eigenvalue weighted by Crippen LogP contribution is -2.59. The third-order valence-electron chi connectivity index (χ3n) is 4.25. The minimum Gasteiger partial charge on any atom is -0.444 e. The predicted octanol–water partition coefficient (Wildman–Crippen LogP) is 3.12. The van der Waals surface area contributed by atoms with Gasteiger partial charge in [-0.05, 0) is 34.6 Å². The first kappa shape index (κ1) is 19.1. The van der Waals surface area contributed by atoms with Crippen LogP contribution in [0.5, 0.6) is 0 Å². The zero-order chi connectivity index (χ0) is 17.9. The topological polar surface area (TPSA) is 54.9 Å². The number of nitrogens with zero attached hydrogens (tertiary/aromatic N) is 3. The van der Waals surface area contributed by atoms with E-state index in [0.717, 1.165) is 23.8 Å². The lowest BCUT2D eigenvalue weighted by molar-refractivity contribution is -0.0146. The number of aromatic nitrogens is 1. The van der Waals surface area contributed by atoms with E-state index < -0.39 is 5.60 Å². The van der Waals surface area contributed by atoms with Crippen LogP contribution in [0.25, 0.3) is 0 Å². The van der Waals surface area contributed by atoms with Crippen LogP contribution >= 0.6 is 11.3 Å². The molecule has 7 heteroatoms. The van der Waals surface area contributed by atoms with E-state index in [1.807, 2.05) is 25.7 Å². The third-order valence-corrected chi connectivity index (χ3v) is 5.13. The summed E-state index contributed by atoms with van der Waals surface area (Å²) in [5, 5.41) is 3.09. The number of methoxy groups -OCH3 is 1. The van der Waals surface area contributed by atoms with Crippen molar-refractivity contribution < 1.29 is 14.3 Å². The van der Waals surface area contributed by atoms with Gasteiger partial charge in [0.15, 0.2) is 0 Å². The van der Waals surface area contributed by atoms with Crippen molar-refractivity contribution in [3.63, 3.8) is 0 Å². The third kappa shape index (κ3) is 4.91. The molecule has 1 aliphatic heterocycles. The van der Waals surface area contributed by atoms with Gasteiger partial charge in [-0.2, -0.15) is 0 Å². The maximum atomic E-state index is 12.4. The second kappa shape index (κ2) is 7.80. The highest BCUT2D eigenvalue weighted by Gasteiger charge is 2.35. The smallest absolute Gasteiger partial charge is 0.410 e. The van der Waals surface area contributed by atoms with Crippen LogP contribution in [0.1, 0.15) is 45.3 Å². The number of piperazine rings is 1. The highest BCUT2D eigenvalue weighted by molar-refractivity contribution is 7.09. The second-order valence-corrected chi connectivity index (χ2v) is 8.23. The van der Waals surface area contributed by atoms with Gasteiger partial charge in [-0.15, -0.1) is 11.3 Å². The average molecular weight is 356 g/mol. The Labute approximate surface area is 148 Å². The van der Waals surface area contributed by atoms with Gasteiger partial charge < -0.3 is 14.4 Å². The molecule has 24 heavy (non-hydrogen) atoms. The largest absolute Gasteiger partial charge is 0.444 e. The molecule has 6 nitrogen and oxygen atoms in total. The quantitative estimate of drug-likeness (QED) is 0.831. The summed E-state index contributed by atoms with van der Waals surface area (Å²) in [6.45, 7) is 12.8. The molecule has 1 fully saturated rings. The highest BCUT2D eigenvalue weighted by Crippen LogP contribution is 2.22. The van der Waals surface area contributed by atoms with Crippen LogP contribution in [-0.2, 0) is 22.6 Å². The normalized spacial score (nSPS) is 22.7. The molecule has 0 aliphatic carbocycles. The van der Waals surface area contributed by atoms with Crippen LogP contribution in [-0.4, -0.2) is 58.8 Å². The molecule has 136 valence electrons. The SMILES string of the molecule is COCc1nc(CN2CCN(C(=O)OC(C)(C)C)[C@@H](C)[C@@H]2C)cs1. The van der Waals surface area contributed by atoms with Crippen molar-refractivity contribution in [3.8, 4) is 0 Å². The second-order valence-electron chi connectivity index (χ2n) is 7.29. The van der Waals surface area contributed by atoms with Crippen molar-refractivity contribution in [1.29, 1.82) is 0 Å². The monoisotopic (exact) mass is 355 g/mol. The maximum Gasteiger partial charge on any atom is 0.410 e. The standard InChI is InChI=1S/C17H29N3O3S/c1-12-13(2)20(16(21)23-17(3,4)5)8-7-19(12)9-14-11-24-15(18-14)10-22-6/h11-13H,7-10H2,1-6H3/t12-,13-/m0/s1. The molecule has 0 spiro atoms. The Morgan fingerprint density at radius 1 is 1.33 bits per heavy atom. The van der Waals surface area contributed by atoms with Crippen molar-refractivity contribution in [2.75, 3.05) is 20.2 Å². The van der Waals surface area contributed by atoms with Gasteiger partial charge in [0.2, 0.25) is 0 Å². The maximum absolute atomic E-state index is 12.4. The summed E-state index contributed by atoms with van der Waals surface area (Å²) in [6, 6.07) is 0.351. The van der Waals surface area contributed by atoms with Gasteiger partial charge in [0.25, 0.3) is 0 Å². The molecular formula is C17H29N3O3S. The first-order valence-corrected chi connectivity index (χ1v) is 9.25. The van der Waals surface area contributed by atoms with E-state index in [9.17, 15) is 4.79 Å². The van der Waals surface area contributed by atoms with Gasteiger partial charge in [-0.25, -0.2) is 9.78 Å². The van der Waals surface area contributed by atoms with Crippen LogP contribution in [0.3, 0.4) is 0 Å². The molecule has 1 aromatic rings. The van der Waals surface area contributed by atoms with E-state index in [4.69, 9.17) is 9.47 Å². The number of carbonyl (C=O) groups is 1. The fourth-order valence-electron chi connectivity index (χ4n) is 2.83. The number of thiazole rings is 1. The fourth-order valence-corrected chi connectivity index (χ4v) is 3.58. The Bertz CT molecular complexity index is 556. The number of hydrogen-bond acceptors (Lipinski definition) is 6. The molecule has 2 heterocycles. The Hall–Kier alpha value is -1.18. The number of ether oxygens (including phenoxy) is 2. The molecule has 0 N–H and O–H groups in total. The first-order chi connectivity index (χ1) is 11.2. The Morgan fingerprint density at radius 2 is 2.04 bits per heavy atom. The number of carbonyl (C=O) groups excluding carboxylic acids is 1. The van der Waals surface area contributed by atoms with E-state index in [0.29, 0.717) is 13.2 Å². The summed E-state index contributed by atoms with van der Waals surface area (Å²) < 4.78 is 10.6. The van der Waals surface area contributed by atoms with E-state index >= 15 is 0 Å². The fraction of sp³-hybridized carbons (Fsp3) is 0.765. The van der Waals surface area contributed by atoms with Crippen molar-refractivity contribution in [2.24, 2.45) is 0 Å². The summed E-state index contributed by atoms with van der Waals surface area (Å²) in [6.07, 6.45) is -0.225. The zero-order valence-electron chi connectivity index (χ0n) is 15.5. The number of amides is 1. The summed E-state index contributed by atoms with van der Waals surface area (Å²) in [7, 11) is 1.68. The molecule has 0 aromatic carbocycles. The Balaban J connectivity index is 1.96. The first-order valence-electron chi connectivity index (χ1n) is 8.37. The molecule has 0 bridgehead atoms. The molecule has 1 aromatic heterocycles.